The lowest BCUT2D eigenvalue weighted by molar-refractivity contribution is -0.156. The van der Waals surface area contributed by atoms with Crippen molar-refractivity contribution in [3.05, 3.63) is 18.2 Å². The van der Waals surface area contributed by atoms with Crippen molar-refractivity contribution in [3.8, 4) is 11.5 Å². The van der Waals surface area contributed by atoms with Gasteiger partial charge in [-0.3, -0.25) is 0 Å². The zero-order valence-electron chi connectivity index (χ0n) is 14.5. The highest BCUT2D eigenvalue weighted by Crippen LogP contribution is 2.32. The lowest BCUT2D eigenvalue weighted by Gasteiger charge is -2.22. The molecule has 132 valence electrons. The van der Waals surface area contributed by atoms with E-state index in [-0.39, 0.29) is 0 Å². The van der Waals surface area contributed by atoms with Crippen molar-refractivity contribution in [2.45, 2.75) is 45.8 Å². The van der Waals surface area contributed by atoms with Crippen molar-refractivity contribution in [2.24, 2.45) is 0 Å². The first kappa shape index (κ1) is 17.9. The zero-order chi connectivity index (χ0) is 17.7. The van der Waals surface area contributed by atoms with Crippen LogP contribution in [0, 0.1) is 0 Å². The number of carbonyl (C=O) groups excluding carboxylic acids is 2. The summed E-state index contributed by atoms with van der Waals surface area (Å²) in [6, 6.07) is 3.89. The number of esters is 1. The van der Waals surface area contributed by atoms with Gasteiger partial charge in [0, 0.05) is 18.2 Å². The van der Waals surface area contributed by atoms with Crippen molar-refractivity contribution >= 4 is 17.7 Å². The van der Waals surface area contributed by atoms with Crippen LogP contribution < -0.4 is 20.1 Å². The second kappa shape index (κ2) is 7.42. The van der Waals surface area contributed by atoms with Gasteiger partial charge in [0.2, 0.25) is 0 Å². The molecule has 0 aliphatic carbocycles. The van der Waals surface area contributed by atoms with Gasteiger partial charge in [0.15, 0.2) is 11.5 Å². The van der Waals surface area contributed by atoms with Gasteiger partial charge in [0.1, 0.15) is 11.6 Å². The number of fused-ring (bicyclic) bond motifs is 1. The van der Waals surface area contributed by atoms with Gasteiger partial charge in [-0.05, 0) is 39.8 Å². The highest BCUT2D eigenvalue weighted by atomic mass is 16.6. The smallest absolute Gasteiger partial charge is 0.328 e. The fourth-order valence-electron chi connectivity index (χ4n) is 2.05. The van der Waals surface area contributed by atoms with Gasteiger partial charge in [0.25, 0.3) is 0 Å². The third kappa shape index (κ3) is 5.33. The zero-order valence-corrected chi connectivity index (χ0v) is 14.5. The maximum Gasteiger partial charge on any atom is 0.328 e. The summed E-state index contributed by atoms with van der Waals surface area (Å²) in [6.45, 7) is 8.06. The quantitative estimate of drug-likeness (QED) is 0.829. The minimum atomic E-state index is -0.760. The van der Waals surface area contributed by atoms with E-state index in [1.165, 1.54) is 0 Å². The molecule has 2 N–H and O–H groups in total. The number of ether oxygens (including phenoxy) is 3. The summed E-state index contributed by atoms with van der Waals surface area (Å²) in [7, 11) is 0. The summed E-state index contributed by atoms with van der Waals surface area (Å²) in [6.07, 6.45) is 0.811. The Morgan fingerprint density at radius 2 is 1.83 bits per heavy atom. The standard InChI is InChI=1S/C17H24N2O5/c1-11(15(20)24-17(2,3)4)18-16(21)19-12-6-7-13-14(10-12)23-9-5-8-22-13/h6-7,10-11H,5,8-9H2,1-4H3,(H2,18,19,21)/t11-/m1/s1. The third-order valence-corrected chi connectivity index (χ3v) is 3.11. The summed E-state index contributed by atoms with van der Waals surface area (Å²) in [5, 5.41) is 5.21. The first-order valence-electron chi connectivity index (χ1n) is 7.94. The van der Waals surface area contributed by atoms with Crippen LogP contribution in [0.1, 0.15) is 34.1 Å². The largest absolute Gasteiger partial charge is 0.490 e. The molecule has 0 saturated heterocycles. The lowest BCUT2D eigenvalue weighted by Crippen LogP contribution is -2.43. The van der Waals surface area contributed by atoms with E-state index in [9.17, 15) is 9.59 Å². The van der Waals surface area contributed by atoms with Crippen molar-refractivity contribution in [1.29, 1.82) is 0 Å². The van der Waals surface area contributed by atoms with E-state index >= 15 is 0 Å². The van der Waals surface area contributed by atoms with Crippen LogP contribution in [0.5, 0.6) is 11.5 Å². The predicted molar refractivity (Wildman–Crippen MR) is 89.5 cm³/mol. The summed E-state index contributed by atoms with van der Waals surface area (Å²) in [4.78, 5) is 23.9. The number of rotatable bonds is 3. The molecule has 0 bridgehead atoms. The fraction of sp³-hybridized carbons (Fsp3) is 0.529. The van der Waals surface area contributed by atoms with Gasteiger partial charge in [-0.1, -0.05) is 0 Å². The minimum absolute atomic E-state index is 0.490. The van der Waals surface area contributed by atoms with Crippen LogP contribution in [0.4, 0.5) is 10.5 Å². The lowest BCUT2D eigenvalue weighted by atomic mass is 10.2. The fourth-order valence-corrected chi connectivity index (χ4v) is 2.05. The van der Waals surface area contributed by atoms with E-state index in [0.717, 1.165) is 6.42 Å². The van der Waals surface area contributed by atoms with E-state index in [0.29, 0.717) is 30.4 Å². The van der Waals surface area contributed by atoms with Crippen LogP contribution in [0.15, 0.2) is 18.2 Å². The monoisotopic (exact) mass is 336 g/mol. The van der Waals surface area contributed by atoms with Gasteiger partial charge in [-0.25, -0.2) is 9.59 Å². The Morgan fingerprint density at radius 1 is 1.17 bits per heavy atom. The van der Waals surface area contributed by atoms with Crippen LogP contribution in [-0.4, -0.2) is 36.9 Å². The predicted octanol–water partition coefficient (Wildman–Crippen LogP) is 2.70. The molecule has 1 aliphatic rings. The Morgan fingerprint density at radius 3 is 2.50 bits per heavy atom. The number of urea groups is 1. The summed E-state index contributed by atoms with van der Waals surface area (Å²) in [5.41, 5.74) is -0.0502. The van der Waals surface area contributed by atoms with Crippen LogP contribution >= 0.6 is 0 Å². The second-order valence-electron chi connectivity index (χ2n) is 6.57. The number of benzene rings is 1. The molecule has 1 aromatic carbocycles. The molecule has 2 rings (SSSR count). The molecule has 0 saturated carbocycles. The molecular weight excluding hydrogens is 312 g/mol. The molecule has 1 aliphatic heterocycles. The van der Waals surface area contributed by atoms with Gasteiger partial charge in [-0.2, -0.15) is 0 Å². The number of hydrogen-bond donors (Lipinski definition) is 2. The van der Waals surface area contributed by atoms with Crippen molar-refractivity contribution < 1.29 is 23.8 Å². The molecule has 24 heavy (non-hydrogen) atoms. The molecule has 7 nitrogen and oxygen atoms in total. The van der Waals surface area contributed by atoms with E-state index in [1.54, 1.807) is 45.9 Å². The summed E-state index contributed by atoms with van der Waals surface area (Å²) >= 11 is 0. The Kier molecular flexibility index (Phi) is 5.54. The van der Waals surface area contributed by atoms with E-state index in [1.807, 2.05) is 0 Å². The molecule has 2 amide bonds. The SMILES string of the molecule is C[C@@H](NC(=O)Nc1ccc2c(c1)OCCCO2)C(=O)OC(C)(C)C. The van der Waals surface area contributed by atoms with Crippen LogP contribution in [0.25, 0.3) is 0 Å². The maximum absolute atomic E-state index is 12.0. The molecule has 7 heteroatoms. The normalized spacial score (nSPS) is 15.0. The number of nitrogens with one attached hydrogen (secondary N) is 2. The number of amides is 2. The van der Waals surface area contributed by atoms with Crippen molar-refractivity contribution in [3.63, 3.8) is 0 Å². The van der Waals surface area contributed by atoms with Gasteiger partial charge >= 0.3 is 12.0 Å². The van der Waals surface area contributed by atoms with Gasteiger partial charge < -0.3 is 24.8 Å². The average molecular weight is 336 g/mol. The van der Waals surface area contributed by atoms with Crippen LogP contribution in [0.3, 0.4) is 0 Å². The Labute approximate surface area is 141 Å². The maximum atomic E-state index is 12.0. The van der Waals surface area contributed by atoms with Gasteiger partial charge in [-0.15, -0.1) is 0 Å². The number of hydrogen-bond acceptors (Lipinski definition) is 5. The first-order chi connectivity index (χ1) is 11.2. The Hall–Kier alpha value is -2.44. The molecule has 0 unspecified atom stereocenters. The molecule has 0 aromatic heterocycles. The van der Waals surface area contributed by atoms with E-state index < -0.39 is 23.6 Å². The number of carbonyl (C=O) groups is 2. The first-order valence-corrected chi connectivity index (χ1v) is 7.94. The average Bonchev–Trinajstić information content (AvgIpc) is 2.70. The topological polar surface area (TPSA) is 85.9 Å². The molecule has 1 aromatic rings. The Balaban J connectivity index is 1.92. The number of anilines is 1. The molecule has 0 spiro atoms. The highest BCUT2D eigenvalue weighted by Gasteiger charge is 2.23. The van der Waals surface area contributed by atoms with E-state index in [2.05, 4.69) is 10.6 Å². The van der Waals surface area contributed by atoms with Crippen LogP contribution in [-0.2, 0) is 9.53 Å². The second-order valence-corrected chi connectivity index (χ2v) is 6.57. The summed E-state index contributed by atoms with van der Waals surface area (Å²) < 4.78 is 16.3. The summed E-state index contributed by atoms with van der Waals surface area (Å²) in [5.74, 6) is 0.752. The Bertz CT molecular complexity index is 609. The molecule has 1 atom stereocenters. The van der Waals surface area contributed by atoms with Crippen molar-refractivity contribution in [1.82, 2.24) is 5.32 Å². The van der Waals surface area contributed by atoms with Crippen LogP contribution in [0.2, 0.25) is 0 Å². The third-order valence-electron chi connectivity index (χ3n) is 3.11. The molecular formula is C17H24N2O5. The molecule has 0 radical (unpaired) electrons. The molecule has 0 fully saturated rings. The minimum Gasteiger partial charge on any atom is -0.490 e. The van der Waals surface area contributed by atoms with Crippen molar-refractivity contribution in [2.75, 3.05) is 18.5 Å². The van der Waals surface area contributed by atoms with E-state index in [4.69, 9.17) is 14.2 Å². The molecule has 1 heterocycles. The highest BCUT2D eigenvalue weighted by molar-refractivity contribution is 5.92. The van der Waals surface area contributed by atoms with Gasteiger partial charge in [0.05, 0.1) is 13.2 Å².